The lowest BCUT2D eigenvalue weighted by Gasteiger charge is -2.10. The molecule has 0 bridgehead atoms. The molecule has 4 heteroatoms. The van der Waals surface area contributed by atoms with Gasteiger partial charge in [-0.3, -0.25) is 4.99 Å². The summed E-state index contributed by atoms with van der Waals surface area (Å²) < 4.78 is 0. The lowest BCUT2D eigenvalue weighted by atomic mass is 10.1. The minimum Gasteiger partial charge on any atom is -0.361 e. The van der Waals surface area contributed by atoms with E-state index in [9.17, 15) is 0 Å². The molecule has 2 unspecified atom stereocenters. The summed E-state index contributed by atoms with van der Waals surface area (Å²) in [5.74, 6) is 4.59. The van der Waals surface area contributed by atoms with Gasteiger partial charge in [0.05, 0.1) is 0 Å². The fraction of sp³-hybridized carbons (Fsp3) is 0.533. The fourth-order valence-corrected chi connectivity index (χ4v) is 4.72. The van der Waals surface area contributed by atoms with E-state index in [0.29, 0.717) is 6.04 Å². The van der Waals surface area contributed by atoms with E-state index in [4.69, 9.17) is 4.99 Å². The highest BCUT2D eigenvalue weighted by molar-refractivity contribution is 8.14. The topological polar surface area (TPSA) is 24.4 Å². The molecule has 2 saturated heterocycles. The SMILES string of the molecule is c1ccc(CC2CSC(=NCC3CCSC3)N2)cc1. The molecule has 19 heavy (non-hydrogen) atoms. The Hall–Kier alpha value is -0.610. The summed E-state index contributed by atoms with van der Waals surface area (Å²) in [6.45, 7) is 1.01. The van der Waals surface area contributed by atoms with Crippen molar-refractivity contribution in [2.45, 2.75) is 18.9 Å². The van der Waals surface area contributed by atoms with E-state index in [1.807, 2.05) is 11.8 Å². The summed E-state index contributed by atoms with van der Waals surface area (Å²) in [4.78, 5) is 4.75. The number of nitrogens with zero attached hydrogens (tertiary/aromatic N) is 1. The van der Waals surface area contributed by atoms with Gasteiger partial charge < -0.3 is 5.32 Å². The molecule has 2 fully saturated rings. The smallest absolute Gasteiger partial charge is 0.156 e. The molecule has 0 saturated carbocycles. The minimum absolute atomic E-state index is 0.545. The van der Waals surface area contributed by atoms with Crippen LogP contribution in [0, 0.1) is 5.92 Å². The first kappa shape index (κ1) is 13.4. The molecule has 0 spiro atoms. The van der Waals surface area contributed by atoms with Crippen molar-refractivity contribution in [2.24, 2.45) is 10.9 Å². The van der Waals surface area contributed by atoms with Crippen molar-refractivity contribution >= 4 is 28.7 Å². The van der Waals surface area contributed by atoms with Gasteiger partial charge in [0.25, 0.3) is 0 Å². The van der Waals surface area contributed by atoms with E-state index in [0.717, 1.165) is 29.8 Å². The molecule has 2 aliphatic heterocycles. The van der Waals surface area contributed by atoms with Crippen LogP contribution < -0.4 is 5.32 Å². The first-order chi connectivity index (χ1) is 9.40. The van der Waals surface area contributed by atoms with Gasteiger partial charge in [0.15, 0.2) is 5.17 Å². The molecular weight excluding hydrogens is 272 g/mol. The van der Waals surface area contributed by atoms with E-state index in [1.165, 1.54) is 23.5 Å². The van der Waals surface area contributed by atoms with Gasteiger partial charge in [0, 0.05) is 18.3 Å². The predicted octanol–water partition coefficient (Wildman–Crippen LogP) is 3.04. The lowest BCUT2D eigenvalue weighted by Crippen LogP contribution is -2.29. The standard InChI is InChI=1S/C15H20N2S2/c1-2-4-12(5-3-1)8-14-11-19-15(17-14)16-9-13-6-7-18-10-13/h1-5,13-14H,6-11H2,(H,16,17). The Labute approximate surface area is 123 Å². The zero-order valence-corrected chi connectivity index (χ0v) is 12.7. The lowest BCUT2D eigenvalue weighted by molar-refractivity contribution is 0.609. The van der Waals surface area contributed by atoms with E-state index in [2.05, 4.69) is 47.4 Å². The summed E-state index contributed by atoms with van der Waals surface area (Å²) in [5.41, 5.74) is 1.41. The Balaban J connectivity index is 1.48. The van der Waals surface area contributed by atoms with Crippen molar-refractivity contribution in [1.82, 2.24) is 5.32 Å². The molecular formula is C15H20N2S2. The first-order valence-electron chi connectivity index (χ1n) is 6.95. The van der Waals surface area contributed by atoms with Crippen LogP contribution in [0.5, 0.6) is 0 Å². The summed E-state index contributed by atoms with van der Waals surface area (Å²) in [6, 6.07) is 11.3. The molecule has 0 aromatic heterocycles. The van der Waals surface area contributed by atoms with Crippen molar-refractivity contribution in [3.63, 3.8) is 0 Å². The first-order valence-corrected chi connectivity index (χ1v) is 9.09. The summed E-state index contributed by atoms with van der Waals surface area (Å²) in [7, 11) is 0. The minimum atomic E-state index is 0.545. The normalized spacial score (nSPS) is 28.7. The second-order valence-electron chi connectivity index (χ2n) is 5.22. The van der Waals surface area contributed by atoms with Crippen LogP contribution in [-0.2, 0) is 6.42 Å². The highest BCUT2D eigenvalue weighted by atomic mass is 32.2. The Kier molecular flexibility index (Phi) is 4.72. The van der Waals surface area contributed by atoms with Crippen molar-refractivity contribution in [3.8, 4) is 0 Å². The Bertz CT molecular complexity index is 427. The molecule has 1 N–H and O–H groups in total. The van der Waals surface area contributed by atoms with Gasteiger partial charge in [0.1, 0.15) is 0 Å². The summed E-state index contributed by atoms with van der Waals surface area (Å²) in [6.07, 6.45) is 2.45. The van der Waals surface area contributed by atoms with Crippen LogP contribution in [0.2, 0.25) is 0 Å². The Morgan fingerprint density at radius 3 is 2.89 bits per heavy atom. The van der Waals surface area contributed by atoms with Crippen molar-refractivity contribution < 1.29 is 0 Å². The van der Waals surface area contributed by atoms with Gasteiger partial charge >= 0.3 is 0 Å². The van der Waals surface area contributed by atoms with Crippen LogP contribution in [0.25, 0.3) is 0 Å². The third-order valence-corrected chi connectivity index (χ3v) is 5.91. The second-order valence-corrected chi connectivity index (χ2v) is 7.38. The van der Waals surface area contributed by atoms with Crippen LogP contribution in [0.3, 0.4) is 0 Å². The maximum absolute atomic E-state index is 4.75. The fourth-order valence-electron chi connectivity index (χ4n) is 2.48. The van der Waals surface area contributed by atoms with Gasteiger partial charge in [-0.2, -0.15) is 11.8 Å². The number of nitrogens with one attached hydrogen (secondary N) is 1. The highest BCUT2D eigenvalue weighted by Gasteiger charge is 2.21. The van der Waals surface area contributed by atoms with Gasteiger partial charge in [-0.25, -0.2) is 0 Å². The third-order valence-electron chi connectivity index (χ3n) is 3.59. The average Bonchev–Trinajstić information content (AvgIpc) is 3.09. The number of amidine groups is 1. The molecule has 2 aliphatic rings. The van der Waals surface area contributed by atoms with E-state index in [-0.39, 0.29) is 0 Å². The van der Waals surface area contributed by atoms with E-state index in [1.54, 1.807) is 0 Å². The van der Waals surface area contributed by atoms with Crippen LogP contribution in [0.1, 0.15) is 12.0 Å². The zero-order valence-electron chi connectivity index (χ0n) is 11.0. The van der Waals surface area contributed by atoms with Crippen molar-refractivity contribution in [1.29, 1.82) is 0 Å². The van der Waals surface area contributed by atoms with Crippen LogP contribution in [0.4, 0.5) is 0 Å². The molecule has 2 atom stereocenters. The maximum atomic E-state index is 4.75. The summed E-state index contributed by atoms with van der Waals surface area (Å²) >= 11 is 3.96. The van der Waals surface area contributed by atoms with Gasteiger partial charge in [-0.15, -0.1) is 0 Å². The largest absolute Gasteiger partial charge is 0.361 e. The summed E-state index contributed by atoms with van der Waals surface area (Å²) in [5, 5.41) is 4.73. The van der Waals surface area contributed by atoms with Crippen LogP contribution >= 0.6 is 23.5 Å². The Morgan fingerprint density at radius 1 is 1.21 bits per heavy atom. The van der Waals surface area contributed by atoms with Crippen LogP contribution in [0.15, 0.2) is 35.3 Å². The number of hydrogen-bond acceptors (Lipinski definition) is 3. The maximum Gasteiger partial charge on any atom is 0.156 e. The second kappa shape index (κ2) is 6.71. The van der Waals surface area contributed by atoms with Crippen molar-refractivity contribution in [3.05, 3.63) is 35.9 Å². The van der Waals surface area contributed by atoms with Crippen molar-refractivity contribution in [2.75, 3.05) is 23.8 Å². The molecule has 1 aromatic rings. The molecule has 1 aromatic carbocycles. The number of aliphatic imine (C=N–C) groups is 1. The number of thioether (sulfide) groups is 2. The average molecular weight is 292 g/mol. The molecule has 0 amide bonds. The quantitative estimate of drug-likeness (QED) is 0.923. The van der Waals surface area contributed by atoms with Gasteiger partial charge in [-0.1, -0.05) is 42.1 Å². The zero-order chi connectivity index (χ0) is 12.9. The molecule has 2 nitrogen and oxygen atoms in total. The molecule has 0 aliphatic carbocycles. The highest BCUT2D eigenvalue weighted by Crippen LogP contribution is 2.24. The third kappa shape index (κ3) is 3.93. The monoisotopic (exact) mass is 292 g/mol. The van der Waals surface area contributed by atoms with Gasteiger partial charge in [0.2, 0.25) is 0 Å². The molecule has 0 radical (unpaired) electrons. The molecule has 2 heterocycles. The number of rotatable bonds is 4. The van der Waals surface area contributed by atoms with E-state index >= 15 is 0 Å². The van der Waals surface area contributed by atoms with E-state index < -0.39 is 0 Å². The number of hydrogen-bond donors (Lipinski definition) is 1. The predicted molar refractivity (Wildman–Crippen MR) is 87.3 cm³/mol. The molecule has 102 valence electrons. The van der Waals surface area contributed by atoms with Crippen LogP contribution in [-0.4, -0.2) is 35.0 Å². The molecule has 3 rings (SSSR count). The van der Waals surface area contributed by atoms with Gasteiger partial charge in [-0.05, 0) is 35.8 Å². The number of benzene rings is 1. The Morgan fingerprint density at radius 2 is 2.11 bits per heavy atom.